The van der Waals surface area contributed by atoms with Crippen molar-refractivity contribution < 1.29 is 37.1 Å². The van der Waals surface area contributed by atoms with Crippen LogP contribution >= 0.6 is 0 Å². The van der Waals surface area contributed by atoms with E-state index < -0.39 is 41.1 Å². The minimum absolute atomic E-state index is 0.0266. The number of hydrogen-bond acceptors (Lipinski definition) is 5. The van der Waals surface area contributed by atoms with Gasteiger partial charge in [-0.05, 0) is 49.4 Å². The Balaban J connectivity index is 1.68. The summed E-state index contributed by atoms with van der Waals surface area (Å²) in [6.45, 7) is 1.86. The Morgan fingerprint density at radius 1 is 0.944 bits per heavy atom. The van der Waals surface area contributed by atoms with Gasteiger partial charge in [0.1, 0.15) is 11.3 Å². The Morgan fingerprint density at radius 2 is 1.64 bits per heavy atom. The minimum Gasteiger partial charge on any atom is -0.422 e. The summed E-state index contributed by atoms with van der Waals surface area (Å²) in [5, 5.41) is 1.95. The lowest BCUT2D eigenvalue weighted by molar-refractivity contribution is -0.137. The quantitative estimate of drug-likeness (QED) is 0.241. The summed E-state index contributed by atoms with van der Waals surface area (Å²) in [6, 6.07) is 15.1. The number of nitrogens with one attached hydrogen (secondary N) is 1. The molecule has 4 amide bonds. The molecule has 0 aliphatic carbocycles. The van der Waals surface area contributed by atoms with Crippen LogP contribution in [0.2, 0.25) is 0 Å². The molecular formula is C26H17F3N2O5. The molecule has 3 aromatic carbocycles. The zero-order chi connectivity index (χ0) is 26.0. The molecule has 1 N–H and O–H groups in total. The Labute approximate surface area is 202 Å². The zero-order valence-corrected chi connectivity index (χ0v) is 18.6. The lowest BCUT2D eigenvalue weighted by atomic mass is 10.1. The molecule has 1 aliphatic rings. The number of carbonyl (C=O) groups is 4. The van der Waals surface area contributed by atoms with E-state index in [2.05, 4.69) is 0 Å². The number of amides is 4. The van der Waals surface area contributed by atoms with Gasteiger partial charge in [0.25, 0.3) is 11.8 Å². The molecule has 7 nitrogen and oxygen atoms in total. The number of urea groups is 1. The Kier molecular flexibility index (Phi) is 6.43. The van der Waals surface area contributed by atoms with E-state index in [9.17, 15) is 32.3 Å². The molecule has 1 heterocycles. The number of aryl methyl sites for hydroxylation is 1. The van der Waals surface area contributed by atoms with Crippen LogP contribution in [0.25, 0.3) is 6.08 Å². The average molecular weight is 494 g/mol. The Bertz CT molecular complexity index is 1410. The summed E-state index contributed by atoms with van der Waals surface area (Å²) in [7, 11) is 0. The fraction of sp³-hybridized carbons (Fsp3) is 0.0769. The Morgan fingerprint density at radius 3 is 2.33 bits per heavy atom. The molecule has 0 aromatic heterocycles. The highest BCUT2D eigenvalue weighted by Gasteiger charge is 2.38. The van der Waals surface area contributed by atoms with E-state index in [1.165, 1.54) is 12.1 Å². The van der Waals surface area contributed by atoms with Gasteiger partial charge in [0, 0.05) is 5.56 Å². The largest absolute Gasteiger partial charge is 0.422 e. The van der Waals surface area contributed by atoms with Crippen LogP contribution in [0.3, 0.4) is 0 Å². The standard InChI is InChI=1S/C26H17F3N2O5/c1-15-9-11-16(12-10-15)24(34)36-21-8-3-2-5-17(21)13-20-22(32)30-25(35)31(23(20)33)19-7-4-6-18(14-19)26(27,28)29/h2-14H,1H3,(H,30,32,35)/b20-13-. The molecule has 36 heavy (non-hydrogen) atoms. The maximum absolute atomic E-state index is 13.1. The third kappa shape index (κ3) is 5.02. The topological polar surface area (TPSA) is 92.8 Å². The van der Waals surface area contributed by atoms with Gasteiger partial charge in [0.15, 0.2) is 0 Å². The number of rotatable bonds is 4. The van der Waals surface area contributed by atoms with Crippen molar-refractivity contribution in [3.05, 3.63) is 101 Å². The first-order valence-corrected chi connectivity index (χ1v) is 10.5. The van der Waals surface area contributed by atoms with Crippen molar-refractivity contribution in [2.75, 3.05) is 4.90 Å². The summed E-state index contributed by atoms with van der Waals surface area (Å²) in [6.07, 6.45) is -3.61. The molecular weight excluding hydrogens is 477 g/mol. The predicted octanol–water partition coefficient (Wildman–Crippen LogP) is 4.90. The van der Waals surface area contributed by atoms with Crippen molar-refractivity contribution in [3.8, 4) is 5.75 Å². The van der Waals surface area contributed by atoms with Crippen molar-refractivity contribution in [2.24, 2.45) is 0 Å². The maximum Gasteiger partial charge on any atom is 0.416 e. The zero-order valence-electron chi connectivity index (χ0n) is 18.6. The van der Waals surface area contributed by atoms with E-state index in [0.717, 1.165) is 29.8 Å². The number of alkyl halides is 3. The number of anilines is 1. The van der Waals surface area contributed by atoms with E-state index in [1.54, 1.807) is 36.4 Å². The summed E-state index contributed by atoms with van der Waals surface area (Å²) < 4.78 is 44.8. The van der Waals surface area contributed by atoms with Gasteiger partial charge in [-0.25, -0.2) is 14.5 Å². The average Bonchev–Trinajstić information content (AvgIpc) is 2.82. The number of barbiturate groups is 1. The highest BCUT2D eigenvalue weighted by Crippen LogP contribution is 2.33. The number of para-hydroxylation sites is 1. The third-order valence-corrected chi connectivity index (χ3v) is 5.24. The molecule has 0 spiro atoms. The van der Waals surface area contributed by atoms with Gasteiger partial charge in [-0.1, -0.05) is 42.0 Å². The number of ether oxygens (including phenoxy) is 1. The maximum atomic E-state index is 13.1. The van der Waals surface area contributed by atoms with Crippen molar-refractivity contribution in [1.29, 1.82) is 0 Å². The SMILES string of the molecule is Cc1ccc(C(=O)Oc2ccccc2/C=C2/C(=O)NC(=O)N(c3cccc(C(F)(F)F)c3)C2=O)cc1. The van der Waals surface area contributed by atoms with Crippen LogP contribution in [0, 0.1) is 6.92 Å². The van der Waals surface area contributed by atoms with E-state index >= 15 is 0 Å². The van der Waals surface area contributed by atoms with Crippen LogP contribution in [0.5, 0.6) is 5.75 Å². The summed E-state index contributed by atoms with van der Waals surface area (Å²) in [5.41, 5.74) is -0.601. The van der Waals surface area contributed by atoms with Gasteiger partial charge in [-0.3, -0.25) is 14.9 Å². The number of carbonyl (C=O) groups excluding carboxylic acids is 4. The summed E-state index contributed by atoms with van der Waals surface area (Å²) in [4.78, 5) is 50.9. The molecule has 0 radical (unpaired) electrons. The summed E-state index contributed by atoms with van der Waals surface area (Å²) >= 11 is 0. The van der Waals surface area contributed by atoms with Crippen molar-refractivity contribution in [2.45, 2.75) is 13.1 Å². The molecule has 182 valence electrons. The fourth-order valence-corrected chi connectivity index (χ4v) is 3.41. The van der Waals surface area contributed by atoms with Crippen LogP contribution in [-0.2, 0) is 15.8 Å². The van der Waals surface area contributed by atoms with Gasteiger partial charge in [-0.2, -0.15) is 13.2 Å². The van der Waals surface area contributed by atoms with Gasteiger partial charge < -0.3 is 4.74 Å². The first kappa shape index (κ1) is 24.4. The van der Waals surface area contributed by atoms with Crippen molar-refractivity contribution in [1.82, 2.24) is 5.32 Å². The molecule has 10 heteroatoms. The van der Waals surface area contributed by atoms with Crippen LogP contribution in [-0.4, -0.2) is 23.8 Å². The molecule has 1 saturated heterocycles. The number of nitrogens with zero attached hydrogens (tertiary/aromatic N) is 1. The number of hydrogen-bond donors (Lipinski definition) is 1. The molecule has 4 rings (SSSR count). The molecule has 0 saturated carbocycles. The first-order chi connectivity index (χ1) is 17.0. The third-order valence-electron chi connectivity index (χ3n) is 5.24. The number of esters is 1. The van der Waals surface area contributed by atoms with Gasteiger partial charge >= 0.3 is 18.2 Å². The molecule has 1 aliphatic heterocycles. The number of imide groups is 2. The minimum atomic E-state index is -4.71. The predicted molar refractivity (Wildman–Crippen MR) is 123 cm³/mol. The van der Waals surface area contributed by atoms with E-state index in [0.29, 0.717) is 11.0 Å². The molecule has 0 unspecified atom stereocenters. The van der Waals surface area contributed by atoms with Crippen LogP contribution < -0.4 is 15.0 Å². The summed E-state index contributed by atoms with van der Waals surface area (Å²) in [5.74, 6) is -2.84. The molecule has 1 fully saturated rings. The van der Waals surface area contributed by atoms with E-state index in [4.69, 9.17) is 4.74 Å². The second-order valence-corrected chi connectivity index (χ2v) is 7.80. The molecule has 3 aromatic rings. The first-order valence-electron chi connectivity index (χ1n) is 10.5. The van der Waals surface area contributed by atoms with Crippen molar-refractivity contribution >= 4 is 35.6 Å². The van der Waals surface area contributed by atoms with E-state index in [1.807, 2.05) is 12.2 Å². The smallest absolute Gasteiger partial charge is 0.416 e. The number of halogens is 3. The van der Waals surface area contributed by atoms with Crippen LogP contribution in [0.4, 0.5) is 23.7 Å². The highest BCUT2D eigenvalue weighted by molar-refractivity contribution is 6.39. The van der Waals surface area contributed by atoms with Crippen LogP contribution in [0.15, 0.2) is 78.4 Å². The second-order valence-electron chi connectivity index (χ2n) is 7.80. The monoisotopic (exact) mass is 494 g/mol. The lowest BCUT2D eigenvalue weighted by Crippen LogP contribution is -2.54. The van der Waals surface area contributed by atoms with Gasteiger partial charge in [0.2, 0.25) is 0 Å². The van der Waals surface area contributed by atoms with Crippen LogP contribution in [0.1, 0.15) is 27.0 Å². The van der Waals surface area contributed by atoms with E-state index in [-0.39, 0.29) is 22.6 Å². The molecule has 0 bridgehead atoms. The lowest BCUT2D eigenvalue weighted by Gasteiger charge is -2.27. The van der Waals surface area contributed by atoms with Crippen molar-refractivity contribution in [3.63, 3.8) is 0 Å². The second kappa shape index (κ2) is 9.49. The molecule has 0 atom stereocenters. The normalized spacial score (nSPS) is 15.2. The van der Waals surface area contributed by atoms with Gasteiger partial charge in [0.05, 0.1) is 16.8 Å². The Hall–Kier alpha value is -4.73. The highest BCUT2D eigenvalue weighted by atomic mass is 19.4. The number of benzene rings is 3. The fourth-order valence-electron chi connectivity index (χ4n) is 3.41. The van der Waals surface area contributed by atoms with Gasteiger partial charge in [-0.15, -0.1) is 0 Å².